The van der Waals surface area contributed by atoms with E-state index in [0.717, 1.165) is 42.4 Å². The molecule has 0 bridgehead atoms. The number of hydrogen-bond acceptors (Lipinski definition) is 4. The van der Waals surface area contributed by atoms with Crippen molar-refractivity contribution in [3.8, 4) is 11.3 Å². The summed E-state index contributed by atoms with van der Waals surface area (Å²) in [5.74, 6) is 0. The molecule has 0 amide bonds. The number of fused-ring (bicyclic) bond motifs is 1. The van der Waals surface area contributed by atoms with Gasteiger partial charge in [-0.2, -0.15) is 5.10 Å². The standard InChI is InChI=1S/C23H25N3O3S/c1-15-8-12-18(13-9-15)25-30(28,29)21-14-17(11-10-16(21)2)22-19-6-4-5-7-20(19)23(27)26(3)24-22/h8-14,25H,4-7H2,1-3H3. The van der Waals surface area contributed by atoms with Crippen LogP contribution in [0.1, 0.15) is 35.1 Å². The Morgan fingerprint density at radius 1 is 0.967 bits per heavy atom. The SMILES string of the molecule is Cc1ccc(NS(=O)(=O)c2cc(-c3nn(C)c(=O)c4c3CCCC4)ccc2C)cc1. The summed E-state index contributed by atoms with van der Waals surface area (Å²) in [6.45, 7) is 3.73. The van der Waals surface area contributed by atoms with Gasteiger partial charge in [0.25, 0.3) is 15.6 Å². The molecule has 0 saturated heterocycles. The van der Waals surface area contributed by atoms with Gasteiger partial charge < -0.3 is 0 Å². The van der Waals surface area contributed by atoms with Gasteiger partial charge in [-0.15, -0.1) is 0 Å². The van der Waals surface area contributed by atoms with E-state index in [1.165, 1.54) is 4.68 Å². The first-order valence-corrected chi connectivity index (χ1v) is 11.5. The molecule has 2 aromatic carbocycles. The van der Waals surface area contributed by atoms with Crippen LogP contribution in [0.3, 0.4) is 0 Å². The summed E-state index contributed by atoms with van der Waals surface area (Å²) in [7, 11) is -2.13. The first-order valence-electron chi connectivity index (χ1n) is 10.1. The van der Waals surface area contributed by atoms with Crippen LogP contribution in [0.25, 0.3) is 11.3 Å². The quantitative estimate of drug-likeness (QED) is 0.693. The van der Waals surface area contributed by atoms with Crippen LogP contribution in [0.2, 0.25) is 0 Å². The van der Waals surface area contributed by atoms with E-state index >= 15 is 0 Å². The molecule has 1 aliphatic carbocycles. The molecule has 1 aromatic heterocycles. The van der Waals surface area contributed by atoms with Gasteiger partial charge in [0.05, 0.1) is 10.6 Å². The average Bonchev–Trinajstić information content (AvgIpc) is 2.72. The molecule has 30 heavy (non-hydrogen) atoms. The predicted molar refractivity (Wildman–Crippen MR) is 118 cm³/mol. The van der Waals surface area contributed by atoms with E-state index < -0.39 is 10.0 Å². The van der Waals surface area contributed by atoms with Gasteiger partial charge in [-0.25, -0.2) is 13.1 Å². The van der Waals surface area contributed by atoms with Gasteiger partial charge in [0.2, 0.25) is 0 Å². The third-order valence-corrected chi connectivity index (χ3v) is 7.13. The molecule has 1 aliphatic rings. The zero-order chi connectivity index (χ0) is 21.5. The maximum atomic E-state index is 13.1. The summed E-state index contributed by atoms with van der Waals surface area (Å²) in [5, 5.41) is 4.49. The fourth-order valence-electron chi connectivity index (χ4n) is 3.95. The molecule has 0 spiro atoms. The lowest BCUT2D eigenvalue weighted by molar-refractivity contribution is 0.600. The molecular formula is C23H25N3O3S. The number of sulfonamides is 1. The third kappa shape index (κ3) is 3.77. The largest absolute Gasteiger partial charge is 0.280 e. The molecule has 0 unspecified atom stereocenters. The summed E-state index contributed by atoms with van der Waals surface area (Å²) >= 11 is 0. The second-order valence-electron chi connectivity index (χ2n) is 7.89. The predicted octanol–water partition coefficient (Wildman–Crippen LogP) is 3.74. The maximum Gasteiger partial charge on any atom is 0.269 e. The minimum Gasteiger partial charge on any atom is -0.280 e. The summed E-state index contributed by atoms with van der Waals surface area (Å²) in [6, 6.07) is 12.5. The molecule has 3 aromatic rings. The van der Waals surface area contributed by atoms with Gasteiger partial charge in [0.15, 0.2) is 0 Å². The summed E-state index contributed by atoms with van der Waals surface area (Å²) in [6.07, 6.45) is 3.51. The maximum absolute atomic E-state index is 13.1. The first-order chi connectivity index (χ1) is 14.3. The van der Waals surface area contributed by atoms with E-state index in [1.54, 1.807) is 38.2 Å². The van der Waals surface area contributed by atoms with Gasteiger partial charge in [0.1, 0.15) is 0 Å². The zero-order valence-electron chi connectivity index (χ0n) is 17.4. The van der Waals surface area contributed by atoms with Crippen molar-refractivity contribution in [1.29, 1.82) is 0 Å². The van der Waals surface area contributed by atoms with E-state index in [2.05, 4.69) is 9.82 Å². The van der Waals surface area contributed by atoms with Crippen molar-refractivity contribution in [2.75, 3.05) is 4.72 Å². The smallest absolute Gasteiger partial charge is 0.269 e. The highest BCUT2D eigenvalue weighted by Gasteiger charge is 2.23. The lowest BCUT2D eigenvalue weighted by Crippen LogP contribution is -2.28. The number of aryl methyl sites for hydroxylation is 3. The van der Waals surface area contributed by atoms with Crippen molar-refractivity contribution in [2.45, 2.75) is 44.4 Å². The molecule has 7 heteroatoms. The Morgan fingerprint density at radius 2 is 1.63 bits per heavy atom. The van der Waals surface area contributed by atoms with Crippen LogP contribution in [0.4, 0.5) is 5.69 Å². The highest BCUT2D eigenvalue weighted by Crippen LogP contribution is 2.31. The van der Waals surface area contributed by atoms with Gasteiger partial charge in [-0.3, -0.25) is 9.52 Å². The number of rotatable bonds is 4. The Morgan fingerprint density at radius 3 is 2.33 bits per heavy atom. The number of benzene rings is 2. The molecule has 0 radical (unpaired) electrons. The number of aromatic nitrogens is 2. The van der Waals surface area contributed by atoms with Crippen LogP contribution >= 0.6 is 0 Å². The molecule has 1 heterocycles. The van der Waals surface area contributed by atoms with Crippen molar-refractivity contribution >= 4 is 15.7 Å². The Balaban J connectivity index is 1.80. The molecular weight excluding hydrogens is 398 g/mol. The Labute approximate surface area is 176 Å². The molecule has 4 rings (SSSR count). The number of hydrogen-bond donors (Lipinski definition) is 1. The van der Waals surface area contributed by atoms with Gasteiger partial charge in [-0.1, -0.05) is 29.8 Å². The fourth-order valence-corrected chi connectivity index (χ4v) is 5.28. The molecule has 0 atom stereocenters. The zero-order valence-corrected chi connectivity index (χ0v) is 18.2. The fraction of sp³-hybridized carbons (Fsp3) is 0.304. The van der Waals surface area contributed by atoms with Crippen molar-refractivity contribution in [2.24, 2.45) is 7.05 Å². The lowest BCUT2D eigenvalue weighted by Gasteiger charge is -2.20. The minimum atomic E-state index is -3.77. The van der Waals surface area contributed by atoms with Gasteiger partial charge >= 0.3 is 0 Å². The summed E-state index contributed by atoms with van der Waals surface area (Å²) in [4.78, 5) is 12.7. The second-order valence-corrected chi connectivity index (χ2v) is 9.54. The van der Waals surface area contributed by atoms with Crippen LogP contribution in [0.15, 0.2) is 52.2 Å². The molecule has 156 valence electrons. The van der Waals surface area contributed by atoms with E-state index in [4.69, 9.17) is 0 Å². The van der Waals surface area contributed by atoms with E-state index in [-0.39, 0.29) is 10.5 Å². The first kappa shape index (κ1) is 20.3. The van der Waals surface area contributed by atoms with E-state index in [9.17, 15) is 13.2 Å². The van der Waals surface area contributed by atoms with E-state index in [0.29, 0.717) is 22.5 Å². The van der Waals surface area contributed by atoms with Crippen molar-refractivity contribution < 1.29 is 8.42 Å². The lowest BCUT2D eigenvalue weighted by atomic mass is 9.89. The molecule has 6 nitrogen and oxygen atoms in total. The number of nitrogens with one attached hydrogen (secondary N) is 1. The Bertz CT molecular complexity index is 1280. The van der Waals surface area contributed by atoms with Crippen molar-refractivity contribution in [3.63, 3.8) is 0 Å². The monoisotopic (exact) mass is 423 g/mol. The normalized spacial score (nSPS) is 13.7. The average molecular weight is 424 g/mol. The van der Waals surface area contributed by atoms with E-state index in [1.807, 2.05) is 25.1 Å². The highest BCUT2D eigenvalue weighted by molar-refractivity contribution is 7.92. The second kappa shape index (κ2) is 7.72. The van der Waals surface area contributed by atoms with Crippen molar-refractivity contribution in [3.05, 3.63) is 75.1 Å². The van der Waals surface area contributed by atoms with Crippen LogP contribution in [-0.4, -0.2) is 18.2 Å². The Hall–Kier alpha value is -2.93. The van der Waals surface area contributed by atoms with Gasteiger partial charge in [0, 0.05) is 23.9 Å². The Kier molecular flexibility index (Phi) is 5.24. The van der Waals surface area contributed by atoms with Crippen LogP contribution in [0.5, 0.6) is 0 Å². The highest BCUT2D eigenvalue weighted by atomic mass is 32.2. The van der Waals surface area contributed by atoms with Crippen LogP contribution in [-0.2, 0) is 29.9 Å². The molecule has 0 saturated carbocycles. The topological polar surface area (TPSA) is 81.1 Å². The summed E-state index contributed by atoms with van der Waals surface area (Å²) in [5.41, 5.74) is 5.31. The van der Waals surface area contributed by atoms with Crippen LogP contribution < -0.4 is 10.3 Å². The third-order valence-electron chi connectivity index (χ3n) is 5.61. The molecule has 0 aliphatic heterocycles. The van der Waals surface area contributed by atoms with Gasteiger partial charge in [-0.05, 0) is 68.9 Å². The van der Waals surface area contributed by atoms with Crippen molar-refractivity contribution in [1.82, 2.24) is 9.78 Å². The number of anilines is 1. The molecule has 0 fully saturated rings. The number of nitrogens with zero attached hydrogens (tertiary/aromatic N) is 2. The summed E-state index contributed by atoms with van der Waals surface area (Å²) < 4.78 is 30.2. The molecule has 1 N–H and O–H groups in total. The van der Waals surface area contributed by atoms with Crippen LogP contribution in [0, 0.1) is 13.8 Å². The minimum absolute atomic E-state index is 0.0607.